The van der Waals surface area contributed by atoms with Gasteiger partial charge in [-0.25, -0.2) is 5.01 Å². The monoisotopic (exact) mass is 163 g/mol. The molecule has 0 heterocycles. The van der Waals surface area contributed by atoms with Gasteiger partial charge in [-0.05, 0) is 18.2 Å². The Balaban J connectivity index is 2.51. The Morgan fingerprint density at radius 1 is 1.25 bits per heavy atom. The van der Waals surface area contributed by atoms with Gasteiger partial charge in [0.1, 0.15) is 0 Å². The second-order valence-corrected chi connectivity index (χ2v) is 2.57. The molecule has 0 saturated carbocycles. The molecule has 2 nitrogen and oxygen atoms in total. The molecule has 1 aromatic rings. The number of rotatable bonds is 4. The average molecular weight is 163 g/mol. The molecule has 1 aromatic carbocycles. The molecule has 2 heteroatoms. The maximum atomic E-state index is 3.29. The number of hydrazine groups is 1. The lowest BCUT2D eigenvalue weighted by Gasteiger charge is -2.20. The van der Waals surface area contributed by atoms with Gasteiger partial charge in [0.2, 0.25) is 0 Å². The van der Waals surface area contributed by atoms with Crippen LogP contribution in [-0.4, -0.2) is 18.1 Å². The highest BCUT2D eigenvalue weighted by atomic mass is 15.5. The van der Waals surface area contributed by atoms with Crippen molar-refractivity contribution in [3.8, 4) is 0 Å². The van der Waals surface area contributed by atoms with Gasteiger partial charge in [0.25, 0.3) is 0 Å². The van der Waals surface area contributed by atoms with Crippen LogP contribution in [0.2, 0.25) is 0 Å². The first-order valence-electron chi connectivity index (χ1n) is 4.34. The first kappa shape index (κ1) is 9.07. The van der Waals surface area contributed by atoms with E-state index in [-0.39, 0.29) is 0 Å². The van der Waals surface area contributed by atoms with Crippen LogP contribution < -0.4 is 5.43 Å². The molecule has 1 radical (unpaired) electrons. The molecule has 0 saturated heterocycles. The Kier molecular flexibility index (Phi) is 3.61. The summed E-state index contributed by atoms with van der Waals surface area (Å²) in [5.74, 6) is 0. The average Bonchev–Trinajstić information content (AvgIpc) is 2.16. The summed E-state index contributed by atoms with van der Waals surface area (Å²) < 4.78 is 0. The van der Waals surface area contributed by atoms with Gasteiger partial charge in [-0.3, -0.25) is 0 Å². The quantitative estimate of drug-likeness (QED) is 0.684. The van der Waals surface area contributed by atoms with E-state index in [9.17, 15) is 0 Å². The van der Waals surface area contributed by atoms with Crippen molar-refractivity contribution in [2.24, 2.45) is 0 Å². The molecule has 12 heavy (non-hydrogen) atoms. The van der Waals surface area contributed by atoms with Crippen molar-refractivity contribution in [2.45, 2.75) is 13.8 Å². The van der Waals surface area contributed by atoms with Crippen molar-refractivity contribution in [2.75, 3.05) is 18.5 Å². The third-order valence-electron chi connectivity index (χ3n) is 1.77. The normalized spacial score (nSPS) is 10.2. The molecule has 0 aromatic heterocycles. The lowest BCUT2D eigenvalue weighted by molar-refractivity contribution is 0.367. The number of benzene rings is 1. The van der Waals surface area contributed by atoms with Crippen LogP contribution >= 0.6 is 0 Å². The van der Waals surface area contributed by atoms with Crippen LogP contribution in [0.5, 0.6) is 0 Å². The molecule has 0 unspecified atom stereocenters. The van der Waals surface area contributed by atoms with Gasteiger partial charge in [-0.1, -0.05) is 26.0 Å². The van der Waals surface area contributed by atoms with E-state index in [0.717, 1.165) is 18.8 Å². The first-order chi connectivity index (χ1) is 5.86. The van der Waals surface area contributed by atoms with Crippen molar-refractivity contribution in [1.29, 1.82) is 0 Å². The minimum Gasteiger partial charge on any atom is -0.319 e. The van der Waals surface area contributed by atoms with Gasteiger partial charge in [0.05, 0.1) is 0 Å². The second kappa shape index (κ2) is 4.78. The smallest absolute Gasteiger partial charge is 0.0490 e. The van der Waals surface area contributed by atoms with E-state index in [4.69, 9.17) is 0 Å². The van der Waals surface area contributed by atoms with Gasteiger partial charge < -0.3 is 5.43 Å². The second-order valence-electron chi connectivity index (χ2n) is 2.57. The molecule has 1 rings (SSSR count). The Morgan fingerprint density at radius 2 is 1.83 bits per heavy atom. The summed E-state index contributed by atoms with van der Waals surface area (Å²) in [4.78, 5) is 0. The third-order valence-corrected chi connectivity index (χ3v) is 1.77. The molecule has 0 aliphatic rings. The zero-order valence-electron chi connectivity index (χ0n) is 7.67. The predicted molar refractivity (Wildman–Crippen MR) is 51.8 cm³/mol. The summed E-state index contributed by atoms with van der Waals surface area (Å²) >= 11 is 0. The molecular weight excluding hydrogens is 148 g/mol. The van der Waals surface area contributed by atoms with Crippen LogP contribution in [0.4, 0.5) is 5.69 Å². The van der Waals surface area contributed by atoms with Crippen LogP contribution in [-0.2, 0) is 0 Å². The summed E-state index contributed by atoms with van der Waals surface area (Å²) in [6, 6.07) is 10.8. The van der Waals surface area contributed by atoms with Crippen molar-refractivity contribution < 1.29 is 0 Å². The number of nitrogens with one attached hydrogen (secondary N) is 1. The molecule has 0 amide bonds. The van der Waals surface area contributed by atoms with Crippen LogP contribution in [0.3, 0.4) is 0 Å². The van der Waals surface area contributed by atoms with Crippen molar-refractivity contribution in [3.63, 3.8) is 0 Å². The lowest BCUT2D eigenvalue weighted by atomic mass is 10.3. The third kappa shape index (κ3) is 2.55. The van der Waals surface area contributed by atoms with Gasteiger partial charge in [-0.2, -0.15) is 0 Å². The molecule has 0 fully saturated rings. The molecule has 0 atom stereocenters. The van der Waals surface area contributed by atoms with Crippen molar-refractivity contribution in [1.82, 2.24) is 5.01 Å². The summed E-state index contributed by atoms with van der Waals surface area (Å²) in [5.41, 5.74) is 4.41. The van der Waals surface area contributed by atoms with Crippen LogP contribution in [0, 0.1) is 6.07 Å². The molecule has 1 N–H and O–H groups in total. The fourth-order valence-corrected chi connectivity index (χ4v) is 1.03. The number of anilines is 1. The van der Waals surface area contributed by atoms with Crippen LogP contribution in [0.1, 0.15) is 13.8 Å². The largest absolute Gasteiger partial charge is 0.319 e. The highest BCUT2D eigenvalue weighted by Crippen LogP contribution is 2.05. The zero-order valence-corrected chi connectivity index (χ0v) is 7.67. The van der Waals surface area contributed by atoms with Gasteiger partial charge in [-0.15, -0.1) is 0 Å². The fraction of sp³-hybridized carbons (Fsp3) is 0.400. The van der Waals surface area contributed by atoms with Crippen LogP contribution in [0.15, 0.2) is 24.3 Å². The predicted octanol–water partition coefficient (Wildman–Crippen LogP) is 2.16. The maximum Gasteiger partial charge on any atom is 0.0490 e. The minimum atomic E-state index is 1.01. The zero-order chi connectivity index (χ0) is 8.81. The van der Waals surface area contributed by atoms with Crippen LogP contribution in [0.25, 0.3) is 0 Å². The van der Waals surface area contributed by atoms with Crippen molar-refractivity contribution in [3.05, 3.63) is 30.3 Å². The fourth-order valence-electron chi connectivity index (χ4n) is 1.03. The SMILES string of the molecule is CCN(CC)Nc1cc[c]cc1. The Labute approximate surface area is 74.2 Å². The Morgan fingerprint density at radius 3 is 2.33 bits per heavy atom. The standard InChI is InChI=1S/C10H15N2/c1-3-12(4-2)11-10-8-6-5-7-9-10/h6-9,11H,3-4H2,1-2H3. The summed E-state index contributed by atoms with van der Waals surface area (Å²) in [5, 5.41) is 2.15. The van der Waals surface area contributed by atoms with Gasteiger partial charge in [0.15, 0.2) is 0 Å². The number of nitrogens with zero attached hydrogens (tertiary/aromatic N) is 1. The Bertz CT molecular complexity index is 204. The van der Waals surface area contributed by atoms with E-state index in [1.54, 1.807) is 0 Å². The molecular formula is C10H15N2. The molecule has 0 bridgehead atoms. The van der Waals surface area contributed by atoms with Gasteiger partial charge >= 0.3 is 0 Å². The van der Waals surface area contributed by atoms with E-state index in [0.29, 0.717) is 0 Å². The summed E-state index contributed by atoms with van der Waals surface area (Å²) in [6.45, 7) is 6.28. The highest BCUT2D eigenvalue weighted by Gasteiger charge is 1.96. The number of hydrogen-bond donors (Lipinski definition) is 1. The molecule has 0 aliphatic heterocycles. The Hall–Kier alpha value is -1.02. The van der Waals surface area contributed by atoms with E-state index < -0.39 is 0 Å². The van der Waals surface area contributed by atoms with E-state index in [1.807, 2.05) is 24.3 Å². The van der Waals surface area contributed by atoms with E-state index in [2.05, 4.69) is 30.3 Å². The lowest BCUT2D eigenvalue weighted by Crippen LogP contribution is -2.29. The first-order valence-corrected chi connectivity index (χ1v) is 4.34. The van der Waals surface area contributed by atoms with E-state index >= 15 is 0 Å². The summed E-state index contributed by atoms with van der Waals surface area (Å²) in [7, 11) is 0. The minimum absolute atomic E-state index is 1.01. The molecule has 0 spiro atoms. The topological polar surface area (TPSA) is 15.3 Å². The molecule has 0 aliphatic carbocycles. The highest BCUT2D eigenvalue weighted by molar-refractivity contribution is 5.40. The summed E-state index contributed by atoms with van der Waals surface area (Å²) in [6.07, 6.45) is 0. The van der Waals surface area contributed by atoms with Crippen molar-refractivity contribution >= 4 is 5.69 Å². The van der Waals surface area contributed by atoms with Gasteiger partial charge in [0, 0.05) is 18.8 Å². The molecule has 65 valence electrons. The number of hydrogen-bond acceptors (Lipinski definition) is 2. The maximum absolute atomic E-state index is 3.29. The van der Waals surface area contributed by atoms with E-state index in [1.165, 1.54) is 0 Å².